The number of aliphatic hydroxyl groups is 1. The molecular formula is C15H21BrClNO2. The fourth-order valence-electron chi connectivity index (χ4n) is 2.00. The molecule has 0 aromatic heterocycles. The van der Waals surface area contributed by atoms with Gasteiger partial charge in [-0.1, -0.05) is 27.5 Å². The molecule has 0 unspecified atom stereocenters. The van der Waals surface area contributed by atoms with Crippen molar-refractivity contribution < 1.29 is 9.90 Å². The third-order valence-electron chi connectivity index (χ3n) is 3.19. The Bertz CT molecular complexity index is 451. The van der Waals surface area contributed by atoms with Crippen molar-refractivity contribution in [3.05, 3.63) is 33.3 Å². The van der Waals surface area contributed by atoms with Gasteiger partial charge in [-0.05, 0) is 38.5 Å². The summed E-state index contributed by atoms with van der Waals surface area (Å²) in [5.41, 5.74) is 0.570. The van der Waals surface area contributed by atoms with E-state index in [2.05, 4.69) is 34.7 Å². The molecule has 0 amide bonds. The van der Waals surface area contributed by atoms with Crippen LogP contribution in [0.15, 0.2) is 22.7 Å². The number of carbonyl (C=O) groups is 1. The monoisotopic (exact) mass is 361 g/mol. The molecule has 0 saturated carbocycles. The average molecular weight is 363 g/mol. The minimum atomic E-state index is 0.0529. The number of Topliss-reactive ketones (excluding diaryl/α,β-unsaturated/α-hetero) is 1. The van der Waals surface area contributed by atoms with Crippen LogP contribution in [0.1, 0.15) is 37.0 Å². The van der Waals surface area contributed by atoms with Crippen molar-refractivity contribution in [2.45, 2.75) is 32.7 Å². The maximum Gasteiger partial charge on any atom is 0.165 e. The maximum absolute atomic E-state index is 12.2. The molecule has 1 rings (SSSR count). The number of nitrogens with zero attached hydrogens (tertiary/aromatic N) is 1. The van der Waals surface area contributed by atoms with E-state index in [1.54, 1.807) is 12.1 Å². The number of aliphatic hydroxyl groups excluding tert-OH is 1. The lowest BCUT2D eigenvalue weighted by Crippen LogP contribution is -2.34. The van der Waals surface area contributed by atoms with E-state index in [9.17, 15) is 4.79 Å². The molecule has 0 bridgehead atoms. The number of carbonyl (C=O) groups excluding carboxylic acids is 1. The normalized spacial score (nSPS) is 11.3. The van der Waals surface area contributed by atoms with Crippen molar-refractivity contribution >= 4 is 33.3 Å². The number of halogens is 2. The van der Waals surface area contributed by atoms with Crippen molar-refractivity contribution in [1.82, 2.24) is 4.90 Å². The van der Waals surface area contributed by atoms with Crippen LogP contribution in [0.5, 0.6) is 0 Å². The van der Waals surface area contributed by atoms with Crippen LogP contribution >= 0.6 is 27.5 Å². The van der Waals surface area contributed by atoms with Crippen molar-refractivity contribution in [3.63, 3.8) is 0 Å². The molecule has 3 nitrogen and oxygen atoms in total. The lowest BCUT2D eigenvalue weighted by Gasteiger charge is -2.25. The first-order valence-corrected chi connectivity index (χ1v) is 7.96. The number of rotatable bonds is 8. The molecule has 0 atom stereocenters. The highest BCUT2D eigenvalue weighted by atomic mass is 79.9. The highest BCUT2D eigenvalue weighted by Crippen LogP contribution is 2.22. The molecule has 112 valence electrons. The summed E-state index contributed by atoms with van der Waals surface area (Å²) < 4.78 is 0.866. The highest BCUT2D eigenvalue weighted by Gasteiger charge is 2.14. The molecule has 0 spiro atoms. The minimum Gasteiger partial charge on any atom is -0.396 e. The fourth-order valence-corrected chi connectivity index (χ4v) is 2.78. The van der Waals surface area contributed by atoms with Crippen molar-refractivity contribution in [1.29, 1.82) is 0 Å². The Morgan fingerprint density at radius 2 is 2.10 bits per heavy atom. The third-order valence-corrected chi connectivity index (χ3v) is 4.00. The summed E-state index contributed by atoms with van der Waals surface area (Å²) >= 11 is 9.42. The Kier molecular flexibility index (Phi) is 7.74. The van der Waals surface area contributed by atoms with Crippen LogP contribution in [0.25, 0.3) is 0 Å². The largest absolute Gasteiger partial charge is 0.396 e. The molecular weight excluding hydrogens is 342 g/mol. The second-order valence-corrected chi connectivity index (χ2v) is 6.33. The second-order valence-electron chi connectivity index (χ2n) is 5.00. The first-order chi connectivity index (χ1) is 9.45. The lowest BCUT2D eigenvalue weighted by atomic mass is 10.1. The lowest BCUT2D eigenvalue weighted by molar-refractivity contribution is 0.0953. The van der Waals surface area contributed by atoms with E-state index in [-0.39, 0.29) is 12.4 Å². The van der Waals surface area contributed by atoms with Crippen LogP contribution in [-0.4, -0.2) is 41.5 Å². The van der Waals surface area contributed by atoms with E-state index in [1.165, 1.54) is 0 Å². The number of benzene rings is 1. The van der Waals surface area contributed by atoms with Crippen molar-refractivity contribution in [2.75, 3.05) is 19.7 Å². The summed E-state index contributed by atoms with van der Waals surface area (Å²) in [6.07, 6.45) is 1.16. The Hall–Kier alpha value is -0.420. The van der Waals surface area contributed by atoms with Gasteiger partial charge in [0.1, 0.15) is 0 Å². The van der Waals surface area contributed by atoms with Crippen molar-refractivity contribution in [3.8, 4) is 0 Å². The first kappa shape index (κ1) is 17.6. The van der Waals surface area contributed by atoms with Gasteiger partial charge in [0.2, 0.25) is 0 Å². The van der Waals surface area contributed by atoms with Crippen LogP contribution in [0, 0.1) is 0 Å². The zero-order valence-corrected chi connectivity index (χ0v) is 14.2. The molecule has 0 radical (unpaired) electrons. The van der Waals surface area contributed by atoms with Crippen LogP contribution < -0.4 is 0 Å². The quantitative estimate of drug-likeness (QED) is 0.716. The number of ketones is 1. The Labute approximate surface area is 134 Å². The standard InChI is InChI=1S/C15H21BrClNO2/c1-11(2)18(7-3-9-19)8-6-15(20)13-5-4-12(16)10-14(13)17/h4-5,10-11,19H,3,6-9H2,1-2H3. The van der Waals surface area contributed by atoms with Crippen LogP contribution in [-0.2, 0) is 0 Å². The highest BCUT2D eigenvalue weighted by molar-refractivity contribution is 9.10. The van der Waals surface area contributed by atoms with E-state index in [0.717, 1.165) is 17.4 Å². The summed E-state index contributed by atoms with van der Waals surface area (Å²) in [4.78, 5) is 14.4. The Morgan fingerprint density at radius 3 is 2.65 bits per heavy atom. The van der Waals surface area contributed by atoms with E-state index in [1.807, 2.05) is 6.07 Å². The molecule has 0 saturated heterocycles. The van der Waals surface area contributed by atoms with Crippen LogP contribution in [0.3, 0.4) is 0 Å². The summed E-state index contributed by atoms with van der Waals surface area (Å²) in [6.45, 7) is 5.84. The molecule has 0 aliphatic heterocycles. The number of hydrogen-bond donors (Lipinski definition) is 1. The first-order valence-electron chi connectivity index (χ1n) is 6.79. The van der Waals surface area contributed by atoms with Gasteiger partial charge in [-0.3, -0.25) is 4.79 Å². The maximum atomic E-state index is 12.2. The molecule has 0 fully saturated rings. The smallest absolute Gasteiger partial charge is 0.165 e. The Balaban J connectivity index is 2.60. The molecule has 1 N–H and O–H groups in total. The van der Waals surface area contributed by atoms with E-state index in [4.69, 9.17) is 16.7 Å². The van der Waals surface area contributed by atoms with Gasteiger partial charge in [-0.2, -0.15) is 0 Å². The molecule has 0 aliphatic rings. The zero-order chi connectivity index (χ0) is 15.1. The molecule has 0 heterocycles. The van der Waals surface area contributed by atoms with E-state index < -0.39 is 0 Å². The molecule has 5 heteroatoms. The summed E-state index contributed by atoms with van der Waals surface area (Å²) in [5.74, 6) is 0.0529. The predicted octanol–water partition coefficient (Wildman–Crippen LogP) is 3.77. The predicted molar refractivity (Wildman–Crippen MR) is 86.5 cm³/mol. The summed E-state index contributed by atoms with van der Waals surface area (Å²) in [7, 11) is 0. The molecule has 0 aliphatic carbocycles. The van der Waals surface area contributed by atoms with Gasteiger partial charge in [0.15, 0.2) is 5.78 Å². The van der Waals surface area contributed by atoms with E-state index >= 15 is 0 Å². The van der Waals surface area contributed by atoms with Gasteiger partial charge < -0.3 is 10.0 Å². The Morgan fingerprint density at radius 1 is 1.40 bits per heavy atom. The fraction of sp³-hybridized carbons (Fsp3) is 0.533. The zero-order valence-electron chi connectivity index (χ0n) is 11.9. The summed E-state index contributed by atoms with van der Waals surface area (Å²) in [6, 6.07) is 5.67. The van der Waals surface area contributed by atoms with Gasteiger partial charge in [-0.25, -0.2) is 0 Å². The molecule has 1 aromatic carbocycles. The van der Waals surface area contributed by atoms with Gasteiger partial charge in [0.05, 0.1) is 5.02 Å². The number of hydrogen-bond acceptors (Lipinski definition) is 3. The topological polar surface area (TPSA) is 40.5 Å². The van der Waals surface area contributed by atoms with Gasteiger partial charge >= 0.3 is 0 Å². The SMILES string of the molecule is CC(C)N(CCCO)CCC(=O)c1ccc(Br)cc1Cl. The van der Waals surface area contributed by atoms with E-state index in [0.29, 0.717) is 29.6 Å². The molecule has 1 aromatic rings. The van der Waals surface area contributed by atoms with Crippen LogP contribution in [0.2, 0.25) is 5.02 Å². The third kappa shape index (κ3) is 5.52. The minimum absolute atomic E-state index is 0.0529. The van der Waals surface area contributed by atoms with Crippen LogP contribution in [0.4, 0.5) is 0 Å². The average Bonchev–Trinajstić information content (AvgIpc) is 2.38. The van der Waals surface area contributed by atoms with Crippen molar-refractivity contribution in [2.24, 2.45) is 0 Å². The van der Waals surface area contributed by atoms with Gasteiger partial charge in [-0.15, -0.1) is 0 Å². The summed E-state index contributed by atoms with van der Waals surface area (Å²) in [5, 5.41) is 9.38. The molecule has 20 heavy (non-hydrogen) atoms. The second kappa shape index (κ2) is 8.78. The van der Waals surface area contributed by atoms with Gasteiger partial charge in [0.25, 0.3) is 0 Å². The van der Waals surface area contributed by atoms with Gasteiger partial charge in [0, 0.05) is 42.2 Å².